The maximum absolute atomic E-state index is 12.3. The number of nitrogens with zero attached hydrogens (tertiary/aromatic N) is 2. The van der Waals surface area contributed by atoms with Crippen molar-refractivity contribution in [3.05, 3.63) is 24.0 Å². The Labute approximate surface area is 107 Å². The molecule has 0 atom stereocenters. The van der Waals surface area contributed by atoms with Gasteiger partial charge in [-0.2, -0.15) is 0 Å². The van der Waals surface area contributed by atoms with E-state index in [1.165, 1.54) is 6.20 Å². The maximum atomic E-state index is 12.3. The van der Waals surface area contributed by atoms with Crippen molar-refractivity contribution in [2.24, 2.45) is 5.84 Å². The van der Waals surface area contributed by atoms with Crippen LogP contribution in [0.1, 0.15) is 30.1 Å². The molecule has 6 nitrogen and oxygen atoms in total. The quantitative estimate of drug-likeness (QED) is 0.488. The van der Waals surface area contributed by atoms with E-state index in [4.69, 9.17) is 10.9 Å². The number of rotatable bonds is 7. The van der Waals surface area contributed by atoms with Crippen LogP contribution in [-0.4, -0.2) is 40.6 Å². The first-order valence-corrected chi connectivity index (χ1v) is 6.05. The van der Waals surface area contributed by atoms with E-state index in [0.29, 0.717) is 24.3 Å². The van der Waals surface area contributed by atoms with Crippen molar-refractivity contribution in [2.45, 2.75) is 19.8 Å². The van der Waals surface area contributed by atoms with E-state index in [-0.39, 0.29) is 12.5 Å². The molecule has 0 fully saturated rings. The number of amides is 1. The molecule has 4 N–H and O–H groups in total. The molecule has 1 aromatic rings. The summed E-state index contributed by atoms with van der Waals surface area (Å²) in [5.74, 6) is 5.21. The molecule has 100 valence electrons. The van der Waals surface area contributed by atoms with Gasteiger partial charge in [-0.05, 0) is 12.5 Å². The number of anilines is 1. The Morgan fingerprint density at radius 3 is 2.94 bits per heavy atom. The molecule has 0 saturated heterocycles. The summed E-state index contributed by atoms with van der Waals surface area (Å²) in [6, 6.07) is 1.62. The van der Waals surface area contributed by atoms with Gasteiger partial charge in [-0.25, -0.2) is 0 Å². The lowest BCUT2D eigenvalue weighted by atomic mass is 10.2. The second kappa shape index (κ2) is 7.62. The smallest absolute Gasteiger partial charge is 0.256 e. The zero-order valence-corrected chi connectivity index (χ0v) is 10.6. The number of unbranched alkanes of at least 4 members (excludes halogenated alkanes) is 1. The Hall–Kier alpha value is -1.66. The van der Waals surface area contributed by atoms with Gasteiger partial charge in [-0.3, -0.25) is 15.6 Å². The van der Waals surface area contributed by atoms with Crippen LogP contribution in [-0.2, 0) is 0 Å². The Balaban J connectivity index is 2.86. The molecule has 0 aliphatic heterocycles. The number of carbonyl (C=O) groups excluding carboxylic acids is 1. The Kier molecular flexibility index (Phi) is 6.10. The van der Waals surface area contributed by atoms with Gasteiger partial charge in [0.25, 0.3) is 5.91 Å². The summed E-state index contributed by atoms with van der Waals surface area (Å²) in [5, 5.41) is 9.01. The molecule has 6 heteroatoms. The van der Waals surface area contributed by atoms with E-state index >= 15 is 0 Å². The number of nitrogens with one attached hydrogen (secondary N) is 1. The highest BCUT2D eigenvalue weighted by atomic mass is 16.3. The van der Waals surface area contributed by atoms with Crippen LogP contribution in [0.25, 0.3) is 0 Å². The highest BCUT2D eigenvalue weighted by Crippen LogP contribution is 2.15. The summed E-state index contributed by atoms with van der Waals surface area (Å²) >= 11 is 0. The minimum atomic E-state index is -0.146. The Morgan fingerprint density at radius 2 is 2.33 bits per heavy atom. The molecule has 0 radical (unpaired) electrons. The van der Waals surface area contributed by atoms with Crippen LogP contribution in [0.3, 0.4) is 0 Å². The lowest BCUT2D eigenvalue weighted by Crippen LogP contribution is -2.35. The molecule has 0 aromatic carbocycles. The molecule has 0 spiro atoms. The standard InChI is InChI=1S/C12H20N4O2/c1-2-3-6-16(7-8-17)12(18)10-4-5-14-9-11(10)15-13/h4-5,9,15,17H,2-3,6-8,13H2,1H3. The van der Waals surface area contributed by atoms with Gasteiger partial charge < -0.3 is 15.4 Å². The number of aromatic nitrogens is 1. The largest absolute Gasteiger partial charge is 0.395 e. The van der Waals surface area contributed by atoms with E-state index in [1.54, 1.807) is 17.2 Å². The van der Waals surface area contributed by atoms with Gasteiger partial charge >= 0.3 is 0 Å². The van der Waals surface area contributed by atoms with E-state index in [1.807, 2.05) is 0 Å². The van der Waals surface area contributed by atoms with Crippen molar-refractivity contribution in [2.75, 3.05) is 25.1 Å². The van der Waals surface area contributed by atoms with Crippen molar-refractivity contribution in [1.82, 2.24) is 9.88 Å². The van der Waals surface area contributed by atoms with E-state index < -0.39 is 0 Å². The van der Waals surface area contributed by atoms with E-state index in [2.05, 4.69) is 17.3 Å². The van der Waals surface area contributed by atoms with E-state index in [0.717, 1.165) is 12.8 Å². The van der Waals surface area contributed by atoms with Crippen molar-refractivity contribution < 1.29 is 9.90 Å². The fourth-order valence-corrected chi connectivity index (χ4v) is 1.65. The summed E-state index contributed by atoms with van der Waals surface area (Å²) in [5.41, 5.74) is 3.41. The lowest BCUT2D eigenvalue weighted by Gasteiger charge is -2.22. The van der Waals surface area contributed by atoms with Crippen molar-refractivity contribution >= 4 is 11.6 Å². The maximum Gasteiger partial charge on any atom is 0.256 e. The first-order chi connectivity index (χ1) is 8.74. The third-order valence-corrected chi connectivity index (χ3v) is 2.65. The summed E-state index contributed by atoms with van der Waals surface area (Å²) in [6.07, 6.45) is 4.95. The van der Waals surface area contributed by atoms with Crippen LogP contribution >= 0.6 is 0 Å². The topological polar surface area (TPSA) is 91.5 Å². The predicted molar refractivity (Wildman–Crippen MR) is 69.9 cm³/mol. The fourth-order valence-electron chi connectivity index (χ4n) is 1.65. The number of aliphatic hydroxyl groups excluding tert-OH is 1. The van der Waals surface area contributed by atoms with Crippen LogP contribution in [0.4, 0.5) is 5.69 Å². The second-order valence-electron chi connectivity index (χ2n) is 3.93. The fraction of sp³-hybridized carbons (Fsp3) is 0.500. The van der Waals surface area contributed by atoms with Crippen molar-refractivity contribution in [1.29, 1.82) is 0 Å². The number of aliphatic hydroxyl groups is 1. The molecule has 1 amide bonds. The van der Waals surface area contributed by atoms with E-state index in [9.17, 15) is 4.79 Å². The van der Waals surface area contributed by atoms with Crippen LogP contribution in [0.15, 0.2) is 18.5 Å². The molecule has 0 aliphatic rings. The van der Waals surface area contributed by atoms with Gasteiger partial charge in [0.2, 0.25) is 0 Å². The third kappa shape index (κ3) is 3.68. The van der Waals surface area contributed by atoms with Crippen molar-refractivity contribution in [3.8, 4) is 0 Å². The number of hydrazine groups is 1. The number of pyridine rings is 1. The van der Waals surface area contributed by atoms with Gasteiger partial charge in [0.15, 0.2) is 0 Å². The molecule has 0 aliphatic carbocycles. The molecule has 18 heavy (non-hydrogen) atoms. The SMILES string of the molecule is CCCCN(CCO)C(=O)c1ccncc1NN. The minimum absolute atomic E-state index is 0.0497. The summed E-state index contributed by atoms with van der Waals surface area (Å²) < 4.78 is 0. The third-order valence-electron chi connectivity index (χ3n) is 2.65. The summed E-state index contributed by atoms with van der Waals surface area (Å²) in [6.45, 7) is 2.96. The molecule has 0 saturated carbocycles. The average molecular weight is 252 g/mol. The number of hydrogen-bond acceptors (Lipinski definition) is 5. The molecular formula is C12H20N4O2. The minimum Gasteiger partial charge on any atom is -0.395 e. The molecule has 0 bridgehead atoms. The average Bonchev–Trinajstić information content (AvgIpc) is 2.42. The van der Waals surface area contributed by atoms with Crippen LogP contribution in [0, 0.1) is 0 Å². The monoisotopic (exact) mass is 252 g/mol. The predicted octanol–water partition coefficient (Wildman–Crippen LogP) is 0.602. The Morgan fingerprint density at radius 1 is 1.56 bits per heavy atom. The number of nitrogen functional groups attached to an aromatic ring is 1. The number of nitrogens with two attached hydrogens (primary N) is 1. The first kappa shape index (κ1) is 14.4. The lowest BCUT2D eigenvalue weighted by molar-refractivity contribution is 0.0720. The summed E-state index contributed by atoms with van der Waals surface area (Å²) in [4.78, 5) is 17.8. The molecule has 0 unspecified atom stereocenters. The van der Waals surface area contributed by atoms with Gasteiger partial charge in [-0.1, -0.05) is 13.3 Å². The highest BCUT2D eigenvalue weighted by molar-refractivity contribution is 5.99. The second-order valence-corrected chi connectivity index (χ2v) is 3.93. The number of hydrogen-bond donors (Lipinski definition) is 3. The first-order valence-electron chi connectivity index (χ1n) is 6.05. The zero-order valence-electron chi connectivity index (χ0n) is 10.6. The van der Waals surface area contributed by atoms with Gasteiger partial charge in [-0.15, -0.1) is 0 Å². The normalized spacial score (nSPS) is 10.2. The summed E-state index contributed by atoms with van der Waals surface area (Å²) in [7, 11) is 0. The Bertz CT molecular complexity index is 384. The molecular weight excluding hydrogens is 232 g/mol. The highest BCUT2D eigenvalue weighted by Gasteiger charge is 2.17. The molecule has 1 rings (SSSR count). The van der Waals surface area contributed by atoms with Crippen LogP contribution in [0.5, 0.6) is 0 Å². The molecule has 1 aromatic heterocycles. The van der Waals surface area contributed by atoms with Crippen LogP contribution < -0.4 is 11.3 Å². The zero-order chi connectivity index (χ0) is 13.4. The van der Waals surface area contributed by atoms with Crippen molar-refractivity contribution in [3.63, 3.8) is 0 Å². The number of carbonyl (C=O) groups is 1. The van der Waals surface area contributed by atoms with Gasteiger partial charge in [0.1, 0.15) is 0 Å². The van der Waals surface area contributed by atoms with Crippen LogP contribution in [0.2, 0.25) is 0 Å². The molecule has 1 heterocycles. The van der Waals surface area contributed by atoms with Gasteiger partial charge in [0.05, 0.1) is 24.1 Å². The van der Waals surface area contributed by atoms with Gasteiger partial charge in [0, 0.05) is 19.3 Å².